The fraction of sp³-hybridized carbons (Fsp3) is 0.0833. The first-order valence-corrected chi connectivity index (χ1v) is 10.6. The molecule has 0 bridgehead atoms. The Labute approximate surface area is 167 Å². The summed E-state index contributed by atoms with van der Waals surface area (Å²) in [7, 11) is 0. The van der Waals surface area contributed by atoms with Gasteiger partial charge < -0.3 is 4.42 Å². The van der Waals surface area contributed by atoms with Crippen LogP contribution < -0.4 is 0 Å². The molecule has 0 radical (unpaired) electrons. The highest BCUT2D eigenvalue weighted by molar-refractivity contribution is 7.97. The van der Waals surface area contributed by atoms with Gasteiger partial charge in [0.15, 0.2) is 0 Å². The van der Waals surface area contributed by atoms with E-state index in [0.29, 0.717) is 5.71 Å². The first kappa shape index (κ1) is 17.0. The smallest absolute Gasteiger partial charge is 0.231 e. The molecule has 0 unspecified atom stereocenters. The van der Waals surface area contributed by atoms with Crippen molar-refractivity contribution in [3.63, 3.8) is 0 Å². The van der Waals surface area contributed by atoms with Crippen molar-refractivity contribution in [1.29, 1.82) is 0 Å². The van der Waals surface area contributed by atoms with E-state index in [2.05, 4.69) is 65.8 Å². The summed E-state index contributed by atoms with van der Waals surface area (Å²) in [5, 5.41) is 2.03. The molecule has 0 amide bonds. The van der Waals surface area contributed by atoms with Gasteiger partial charge in [-0.05, 0) is 23.4 Å². The van der Waals surface area contributed by atoms with Gasteiger partial charge in [-0.3, -0.25) is 0 Å². The van der Waals surface area contributed by atoms with Crippen molar-refractivity contribution >= 4 is 33.8 Å². The summed E-state index contributed by atoms with van der Waals surface area (Å²) in [5.41, 5.74) is 5.90. The van der Waals surface area contributed by atoms with Crippen molar-refractivity contribution < 1.29 is 4.42 Å². The maximum absolute atomic E-state index is 6.03. The molecule has 0 saturated carbocycles. The van der Waals surface area contributed by atoms with Crippen LogP contribution in [-0.4, -0.2) is 16.2 Å². The van der Waals surface area contributed by atoms with Gasteiger partial charge in [0.25, 0.3) is 0 Å². The number of benzene rings is 3. The fourth-order valence-electron chi connectivity index (χ4n) is 3.52. The van der Waals surface area contributed by atoms with Crippen LogP contribution >= 0.6 is 11.8 Å². The average molecular weight is 382 g/mol. The van der Waals surface area contributed by atoms with Crippen LogP contribution in [-0.2, 0) is 5.75 Å². The van der Waals surface area contributed by atoms with Gasteiger partial charge in [0.1, 0.15) is 11.4 Å². The lowest BCUT2D eigenvalue weighted by Gasteiger charge is -2.07. The Morgan fingerprint density at radius 1 is 0.750 bits per heavy atom. The molecule has 0 N–H and O–H groups in total. The predicted octanol–water partition coefficient (Wildman–Crippen LogP) is 6.57. The summed E-state index contributed by atoms with van der Waals surface area (Å²) in [4.78, 5) is 9.55. The van der Waals surface area contributed by atoms with E-state index in [1.54, 1.807) is 11.8 Å². The molecule has 5 rings (SSSR count). The number of rotatable bonds is 4. The number of hydrogen-bond acceptors (Lipinski definition) is 4. The van der Waals surface area contributed by atoms with E-state index in [9.17, 15) is 0 Å². The van der Waals surface area contributed by atoms with Gasteiger partial charge in [0.2, 0.25) is 5.71 Å². The summed E-state index contributed by atoms with van der Waals surface area (Å²) < 4.78 is 6.03. The zero-order chi connectivity index (χ0) is 18.9. The van der Waals surface area contributed by atoms with Crippen molar-refractivity contribution in [3.05, 3.63) is 84.7 Å². The number of furan rings is 1. The van der Waals surface area contributed by atoms with Crippen molar-refractivity contribution in [2.45, 2.75) is 5.75 Å². The van der Waals surface area contributed by atoms with Gasteiger partial charge >= 0.3 is 0 Å². The maximum atomic E-state index is 6.03. The number of nitrogens with zero attached hydrogens (tertiary/aromatic N) is 2. The van der Waals surface area contributed by atoms with Crippen LogP contribution in [0.15, 0.2) is 83.3 Å². The molecule has 28 heavy (non-hydrogen) atoms. The average Bonchev–Trinajstić information content (AvgIpc) is 3.13. The SMILES string of the molecule is CSCc1nc(-c2ccc(-c3ccccc3)cc2)c2c(n1)oc1ccccc12. The molecule has 2 heterocycles. The molecule has 4 heteroatoms. The van der Waals surface area contributed by atoms with Crippen LogP contribution in [0.3, 0.4) is 0 Å². The molecule has 3 nitrogen and oxygen atoms in total. The molecule has 3 aromatic carbocycles. The van der Waals surface area contributed by atoms with Gasteiger partial charge in [-0.2, -0.15) is 16.7 Å². The van der Waals surface area contributed by atoms with Gasteiger partial charge in [-0.15, -0.1) is 0 Å². The molecule has 0 fully saturated rings. The van der Waals surface area contributed by atoms with Crippen LogP contribution in [0, 0.1) is 0 Å². The van der Waals surface area contributed by atoms with Gasteiger partial charge in [-0.25, -0.2) is 4.98 Å². The van der Waals surface area contributed by atoms with E-state index in [-0.39, 0.29) is 0 Å². The van der Waals surface area contributed by atoms with E-state index in [1.165, 1.54) is 11.1 Å². The van der Waals surface area contributed by atoms with Gasteiger partial charge in [0, 0.05) is 10.9 Å². The zero-order valence-corrected chi connectivity index (χ0v) is 16.2. The normalized spacial score (nSPS) is 11.3. The molecular weight excluding hydrogens is 364 g/mol. The van der Waals surface area contributed by atoms with E-state index in [4.69, 9.17) is 9.40 Å². The lowest BCUT2D eigenvalue weighted by atomic mass is 10.0. The topological polar surface area (TPSA) is 38.9 Å². The molecule has 2 aromatic heterocycles. The van der Waals surface area contributed by atoms with E-state index in [0.717, 1.165) is 39.2 Å². The predicted molar refractivity (Wildman–Crippen MR) is 117 cm³/mol. The molecule has 0 atom stereocenters. The first-order chi connectivity index (χ1) is 13.8. The molecule has 5 aromatic rings. The van der Waals surface area contributed by atoms with Crippen molar-refractivity contribution in [2.24, 2.45) is 0 Å². The fourth-order valence-corrected chi connectivity index (χ4v) is 3.91. The van der Waals surface area contributed by atoms with Crippen LogP contribution in [0.25, 0.3) is 44.5 Å². The number of fused-ring (bicyclic) bond motifs is 3. The molecule has 0 spiro atoms. The second kappa shape index (κ2) is 7.13. The van der Waals surface area contributed by atoms with Crippen LogP contribution in [0.2, 0.25) is 0 Å². The Morgan fingerprint density at radius 2 is 1.43 bits per heavy atom. The Hall–Kier alpha value is -3.11. The monoisotopic (exact) mass is 382 g/mol. The lowest BCUT2D eigenvalue weighted by Crippen LogP contribution is -1.96. The largest absolute Gasteiger partial charge is 0.438 e. The number of thioether (sulfide) groups is 1. The highest BCUT2D eigenvalue weighted by Gasteiger charge is 2.17. The summed E-state index contributed by atoms with van der Waals surface area (Å²) >= 11 is 1.71. The van der Waals surface area contributed by atoms with Crippen molar-refractivity contribution in [2.75, 3.05) is 6.26 Å². The summed E-state index contributed by atoms with van der Waals surface area (Å²) in [6.45, 7) is 0. The number of aromatic nitrogens is 2. The third-order valence-electron chi connectivity index (χ3n) is 4.82. The summed E-state index contributed by atoms with van der Waals surface area (Å²) in [5.74, 6) is 1.54. The van der Waals surface area contributed by atoms with Crippen LogP contribution in [0.4, 0.5) is 0 Å². The Kier molecular flexibility index (Phi) is 4.34. The van der Waals surface area contributed by atoms with Crippen LogP contribution in [0.1, 0.15) is 5.82 Å². The zero-order valence-electron chi connectivity index (χ0n) is 15.4. The Bertz CT molecular complexity index is 1260. The second-order valence-electron chi connectivity index (χ2n) is 6.64. The highest BCUT2D eigenvalue weighted by atomic mass is 32.2. The standard InChI is InChI=1S/C24H18N2OS/c1-28-15-21-25-23(22-19-9-5-6-10-20(19)27-24(22)26-21)18-13-11-17(12-14-18)16-7-3-2-4-8-16/h2-14H,15H2,1H3. The number of para-hydroxylation sites is 1. The molecular formula is C24H18N2OS. The van der Waals surface area contributed by atoms with E-state index >= 15 is 0 Å². The minimum atomic E-state index is 0.655. The lowest BCUT2D eigenvalue weighted by molar-refractivity contribution is 0.650. The minimum absolute atomic E-state index is 0.655. The summed E-state index contributed by atoms with van der Waals surface area (Å²) in [6.07, 6.45) is 2.06. The molecule has 0 aliphatic heterocycles. The second-order valence-corrected chi connectivity index (χ2v) is 7.51. The van der Waals surface area contributed by atoms with Crippen molar-refractivity contribution in [3.8, 4) is 22.4 Å². The number of hydrogen-bond donors (Lipinski definition) is 0. The van der Waals surface area contributed by atoms with Gasteiger partial charge in [0.05, 0.1) is 16.8 Å². The quantitative estimate of drug-likeness (QED) is 0.352. The molecule has 0 saturated heterocycles. The van der Waals surface area contributed by atoms with Crippen molar-refractivity contribution in [1.82, 2.24) is 9.97 Å². The van der Waals surface area contributed by atoms with E-state index in [1.807, 2.05) is 24.3 Å². The highest BCUT2D eigenvalue weighted by Crippen LogP contribution is 2.35. The summed E-state index contributed by atoms with van der Waals surface area (Å²) in [6, 6.07) is 27.0. The van der Waals surface area contributed by atoms with Crippen LogP contribution in [0.5, 0.6) is 0 Å². The third-order valence-corrected chi connectivity index (χ3v) is 5.37. The van der Waals surface area contributed by atoms with Gasteiger partial charge in [-0.1, -0.05) is 72.8 Å². The molecule has 0 aliphatic carbocycles. The Balaban J connectivity index is 1.70. The van der Waals surface area contributed by atoms with E-state index < -0.39 is 0 Å². The minimum Gasteiger partial charge on any atom is -0.438 e. The maximum Gasteiger partial charge on any atom is 0.231 e. The Morgan fingerprint density at radius 3 is 2.21 bits per heavy atom. The molecule has 136 valence electrons. The first-order valence-electron chi connectivity index (χ1n) is 9.16. The third kappa shape index (κ3) is 2.96. The molecule has 0 aliphatic rings.